The lowest BCUT2D eigenvalue weighted by Gasteiger charge is -2.38. The standard InChI is InChI=1S/C27H43N3O7/c1-9-18(5)22(29-26(35)37-27(6,7)8)25(34)30(17(3)4)23(19-11-13-20(31)14-12-19)24(33)28-16-15-21(32)36-10-2/h11-14,17-18,22-23,31H,9-10,15-16H2,1-8H3,(H,28,33)(H,29,35). The fraction of sp³-hybridized carbons (Fsp3) is 0.630. The van der Waals surface area contributed by atoms with E-state index in [1.54, 1.807) is 53.7 Å². The third-order valence-electron chi connectivity index (χ3n) is 5.63. The van der Waals surface area contributed by atoms with Gasteiger partial charge in [0.15, 0.2) is 0 Å². The third kappa shape index (κ3) is 10.3. The van der Waals surface area contributed by atoms with Gasteiger partial charge in [0.05, 0.1) is 13.0 Å². The number of nitrogens with one attached hydrogen (secondary N) is 2. The number of carbonyl (C=O) groups excluding carboxylic acids is 4. The summed E-state index contributed by atoms with van der Waals surface area (Å²) in [5.41, 5.74) is -0.285. The fourth-order valence-corrected chi connectivity index (χ4v) is 3.67. The summed E-state index contributed by atoms with van der Waals surface area (Å²) in [4.78, 5) is 53.2. The molecule has 3 amide bonds. The molecule has 3 atom stereocenters. The minimum atomic E-state index is -1.08. The van der Waals surface area contributed by atoms with Gasteiger partial charge >= 0.3 is 12.1 Å². The summed E-state index contributed by atoms with van der Waals surface area (Å²) < 4.78 is 10.3. The summed E-state index contributed by atoms with van der Waals surface area (Å²) >= 11 is 0. The second-order valence-electron chi connectivity index (χ2n) is 10.2. The number of phenolic OH excluding ortho intramolecular Hbond substituents is 1. The van der Waals surface area contributed by atoms with Crippen LogP contribution in [0.25, 0.3) is 0 Å². The number of hydrogen-bond donors (Lipinski definition) is 3. The van der Waals surface area contributed by atoms with Crippen molar-refractivity contribution in [2.75, 3.05) is 13.2 Å². The normalized spacial score (nSPS) is 13.8. The molecule has 37 heavy (non-hydrogen) atoms. The molecular formula is C27H43N3O7. The van der Waals surface area contributed by atoms with Crippen LogP contribution in [-0.4, -0.2) is 64.7 Å². The Labute approximate surface area is 220 Å². The van der Waals surface area contributed by atoms with Gasteiger partial charge in [-0.2, -0.15) is 0 Å². The Balaban J connectivity index is 3.38. The van der Waals surface area contributed by atoms with Crippen LogP contribution < -0.4 is 10.6 Å². The maximum atomic E-state index is 14.0. The molecule has 3 unspecified atom stereocenters. The predicted octanol–water partition coefficient (Wildman–Crippen LogP) is 3.68. The van der Waals surface area contributed by atoms with Gasteiger partial charge in [0.2, 0.25) is 11.8 Å². The molecule has 0 aliphatic carbocycles. The Kier molecular flexibility index (Phi) is 12.4. The summed E-state index contributed by atoms with van der Waals surface area (Å²) in [6.07, 6.45) is -0.157. The van der Waals surface area contributed by atoms with Crippen LogP contribution in [0.1, 0.15) is 79.8 Å². The minimum absolute atomic E-state index is 0.0108. The van der Waals surface area contributed by atoms with E-state index < -0.39 is 47.6 Å². The van der Waals surface area contributed by atoms with Crippen molar-refractivity contribution < 1.29 is 33.8 Å². The van der Waals surface area contributed by atoms with E-state index in [1.807, 2.05) is 13.8 Å². The van der Waals surface area contributed by atoms with Crippen LogP contribution in [0.4, 0.5) is 4.79 Å². The summed E-state index contributed by atoms with van der Waals surface area (Å²) in [6, 6.07) is 3.52. The Hall–Kier alpha value is -3.30. The van der Waals surface area contributed by atoms with E-state index in [4.69, 9.17) is 9.47 Å². The van der Waals surface area contributed by atoms with Crippen molar-refractivity contribution in [3.8, 4) is 5.75 Å². The Morgan fingerprint density at radius 3 is 2.11 bits per heavy atom. The third-order valence-corrected chi connectivity index (χ3v) is 5.63. The van der Waals surface area contributed by atoms with Crippen LogP contribution in [0.15, 0.2) is 24.3 Å². The molecule has 0 heterocycles. The summed E-state index contributed by atoms with van der Waals surface area (Å²) in [5.74, 6) is -1.64. The number of carbonyl (C=O) groups is 4. The van der Waals surface area contributed by atoms with Crippen molar-refractivity contribution >= 4 is 23.9 Å². The summed E-state index contributed by atoms with van der Waals surface area (Å²) in [5, 5.41) is 15.2. The molecule has 10 heteroatoms. The van der Waals surface area contributed by atoms with E-state index in [-0.39, 0.29) is 31.2 Å². The van der Waals surface area contributed by atoms with Crippen molar-refractivity contribution in [1.82, 2.24) is 15.5 Å². The molecule has 208 valence electrons. The van der Waals surface area contributed by atoms with E-state index in [1.165, 1.54) is 17.0 Å². The predicted molar refractivity (Wildman–Crippen MR) is 140 cm³/mol. The number of benzene rings is 1. The molecule has 10 nitrogen and oxygen atoms in total. The van der Waals surface area contributed by atoms with Crippen LogP contribution in [0.2, 0.25) is 0 Å². The number of alkyl carbamates (subject to hydrolysis) is 1. The lowest BCUT2D eigenvalue weighted by atomic mass is 9.95. The van der Waals surface area contributed by atoms with Crippen molar-refractivity contribution in [2.45, 2.75) is 92.0 Å². The van der Waals surface area contributed by atoms with E-state index >= 15 is 0 Å². The molecule has 1 aromatic carbocycles. The highest BCUT2D eigenvalue weighted by molar-refractivity contribution is 5.92. The first-order valence-electron chi connectivity index (χ1n) is 12.8. The van der Waals surface area contributed by atoms with Gasteiger partial charge in [-0.15, -0.1) is 0 Å². The molecule has 0 bridgehead atoms. The minimum Gasteiger partial charge on any atom is -0.508 e. The highest BCUT2D eigenvalue weighted by Gasteiger charge is 2.39. The number of ether oxygens (including phenoxy) is 2. The first kappa shape index (κ1) is 31.7. The van der Waals surface area contributed by atoms with Gasteiger partial charge in [0.1, 0.15) is 23.4 Å². The van der Waals surface area contributed by atoms with Crippen LogP contribution >= 0.6 is 0 Å². The molecule has 0 radical (unpaired) electrons. The molecule has 0 fully saturated rings. The molecule has 0 aliphatic heterocycles. The molecular weight excluding hydrogens is 478 g/mol. The molecule has 0 saturated carbocycles. The monoisotopic (exact) mass is 521 g/mol. The number of phenols is 1. The number of nitrogens with zero attached hydrogens (tertiary/aromatic N) is 1. The van der Waals surface area contributed by atoms with Gasteiger partial charge in [0.25, 0.3) is 0 Å². The first-order valence-corrected chi connectivity index (χ1v) is 12.8. The van der Waals surface area contributed by atoms with Crippen molar-refractivity contribution in [2.24, 2.45) is 5.92 Å². The van der Waals surface area contributed by atoms with Crippen molar-refractivity contribution in [3.63, 3.8) is 0 Å². The van der Waals surface area contributed by atoms with Crippen molar-refractivity contribution in [3.05, 3.63) is 29.8 Å². The van der Waals surface area contributed by atoms with Gasteiger partial charge in [-0.05, 0) is 65.2 Å². The van der Waals surface area contributed by atoms with Crippen LogP contribution in [0.5, 0.6) is 5.75 Å². The molecule has 1 aromatic rings. The molecule has 1 rings (SSSR count). The zero-order valence-corrected chi connectivity index (χ0v) is 23.3. The topological polar surface area (TPSA) is 134 Å². The van der Waals surface area contributed by atoms with E-state index in [9.17, 15) is 24.3 Å². The number of esters is 1. The van der Waals surface area contributed by atoms with Crippen LogP contribution in [-0.2, 0) is 23.9 Å². The average Bonchev–Trinajstić information content (AvgIpc) is 2.79. The van der Waals surface area contributed by atoms with E-state index in [2.05, 4.69) is 10.6 Å². The Bertz CT molecular complexity index is 910. The van der Waals surface area contributed by atoms with Gasteiger partial charge < -0.3 is 30.1 Å². The highest BCUT2D eigenvalue weighted by atomic mass is 16.6. The number of hydrogen-bond acceptors (Lipinski definition) is 7. The SMILES string of the molecule is CCOC(=O)CCNC(=O)C(c1ccc(O)cc1)N(C(=O)C(NC(=O)OC(C)(C)C)C(C)CC)C(C)C. The number of rotatable bonds is 12. The summed E-state index contributed by atoms with van der Waals surface area (Å²) in [7, 11) is 0. The first-order chi connectivity index (χ1) is 17.2. The fourth-order valence-electron chi connectivity index (χ4n) is 3.67. The zero-order valence-electron chi connectivity index (χ0n) is 23.3. The lowest BCUT2D eigenvalue weighted by molar-refractivity contribution is -0.146. The Morgan fingerprint density at radius 2 is 1.62 bits per heavy atom. The quantitative estimate of drug-likeness (QED) is 0.357. The summed E-state index contributed by atoms with van der Waals surface area (Å²) in [6.45, 7) is 14.4. The van der Waals surface area contributed by atoms with Crippen LogP contribution in [0.3, 0.4) is 0 Å². The Morgan fingerprint density at radius 1 is 1.03 bits per heavy atom. The molecule has 0 saturated heterocycles. The molecule has 3 N–H and O–H groups in total. The maximum absolute atomic E-state index is 14.0. The van der Waals surface area contributed by atoms with Gasteiger partial charge in [-0.3, -0.25) is 14.4 Å². The lowest BCUT2D eigenvalue weighted by Crippen LogP contribution is -2.57. The van der Waals surface area contributed by atoms with Gasteiger partial charge in [0, 0.05) is 12.6 Å². The number of aromatic hydroxyl groups is 1. The molecule has 0 aliphatic rings. The van der Waals surface area contributed by atoms with Gasteiger partial charge in [-0.1, -0.05) is 32.4 Å². The van der Waals surface area contributed by atoms with Gasteiger partial charge in [-0.25, -0.2) is 4.79 Å². The number of amides is 3. The smallest absolute Gasteiger partial charge is 0.408 e. The second kappa shape index (κ2) is 14.4. The largest absolute Gasteiger partial charge is 0.508 e. The zero-order chi connectivity index (χ0) is 28.3. The van der Waals surface area contributed by atoms with E-state index in [0.29, 0.717) is 12.0 Å². The molecule has 0 aromatic heterocycles. The second-order valence-corrected chi connectivity index (χ2v) is 10.2. The highest BCUT2D eigenvalue weighted by Crippen LogP contribution is 2.28. The van der Waals surface area contributed by atoms with Crippen molar-refractivity contribution in [1.29, 1.82) is 0 Å². The maximum Gasteiger partial charge on any atom is 0.408 e. The molecule has 0 spiro atoms. The average molecular weight is 522 g/mol. The van der Waals surface area contributed by atoms with E-state index in [0.717, 1.165) is 0 Å². The van der Waals surface area contributed by atoms with Crippen LogP contribution in [0, 0.1) is 5.92 Å².